The van der Waals surface area contributed by atoms with Crippen molar-refractivity contribution in [2.24, 2.45) is 5.92 Å². The molecule has 196 valence electrons. The number of hydrogen-bond donors (Lipinski definition) is 2. The van der Waals surface area contributed by atoms with Crippen LogP contribution < -0.4 is 10.1 Å². The van der Waals surface area contributed by atoms with Gasteiger partial charge in [0.2, 0.25) is 0 Å². The van der Waals surface area contributed by atoms with Crippen molar-refractivity contribution in [3.8, 4) is 5.75 Å². The van der Waals surface area contributed by atoms with Gasteiger partial charge in [-0.05, 0) is 42.0 Å². The summed E-state index contributed by atoms with van der Waals surface area (Å²) < 4.78 is 25.2. The van der Waals surface area contributed by atoms with Crippen LogP contribution in [0.15, 0.2) is 41.4 Å². The second kappa shape index (κ2) is 11.6. The highest BCUT2D eigenvalue weighted by molar-refractivity contribution is 6.33. The quantitative estimate of drug-likeness (QED) is 0.411. The molecule has 1 aromatic carbocycles. The van der Waals surface area contributed by atoms with Gasteiger partial charge in [-0.25, -0.2) is 9.37 Å². The SMILES string of the molecule is O=C(NC[C@H](O)CN1CCc2c(ccc(OCc3cnco3)c2Cl)C1)c1cc(CC2CCC2)ncc1F. The minimum absolute atomic E-state index is 0.0249. The molecule has 1 amide bonds. The lowest BCUT2D eigenvalue weighted by Gasteiger charge is -2.31. The first kappa shape index (κ1) is 25.6. The van der Waals surface area contributed by atoms with E-state index in [1.54, 1.807) is 6.20 Å². The molecule has 1 aliphatic heterocycles. The van der Waals surface area contributed by atoms with Crippen LogP contribution in [0.1, 0.15) is 52.2 Å². The molecule has 1 atom stereocenters. The molecule has 10 heteroatoms. The molecule has 0 bridgehead atoms. The Morgan fingerprint density at radius 2 is 2.22 bits per heavy atom. The topological polar surface area (TPSA) is 101 Å². The first-order valence-corrected chi connectivity index (χ1v) is 13.0. The van der Waals surface area contributed by atoms with Crippen molar-refractivity contribution >= 4 is 17.5 Å². The van der Waals surface area contributed by atoms with Crippen LogP contribution in [0.25, 0.3) is 0 Å². The fourth-order valence-corrected chi connectivity index (χ4v) is 5.14. The molecule has 2 aromatic heterocycles. The number of fused-ring (bicyclic) bond motifs is 1. The number of carbonyl (C=O) groups excluding carboxylic acids is 1. The number of aliphatic hydroxyl groups is 1. The van der Waals surface area contributed by atoms with Crippen LogP contribution >= 0.6 is 11.6 Å². The number of β-amino-alcohol motifs (C(OH)–C–C–N with tert-alkyl or cyclic N) is 1. The molecular formula is C27H30ClFN4O4. The van der Waals surface area contributed by atoms with E-state index < -0.39 is 17.8 Å². The van der Waals surface area contributed by atoms with Gasteiger partial charge in [-0.15, -0.1) is 0 Å². The predicted octanol–water partition coefficient (Wildman–Crippen LogP) is 3.93. The van der Waals surface area contributed by atoms with Crippen molar-refractivity contribution in [2.75, 3.05) is 19.6 Å². The van der Waals surface area contributed by atoms with Crippen LogP contribution in [0.5, 0.6) is 5.75 Å². The molecule has 3 aromatic rings. The van der Waals surface area contributed by atoms with Gasteiger partial charge in [0.15, 0.2) is 18.0 Å². The first-order chi connectivity index (χ1) is 18.0. The number of hydrogen-bond acceptors (Lipinski definition) is 7. The molecule has 5 rings (SSSR count). The van der Waals surface area contributed by atoms with E-state index in [4.69, 9.17) is 20.8 Å². The van der Waals surface area contributed by atoms with Gasteiger partial charge in [0.05, 0.1) is 29.1 Å². The van der Waals surface area contributed by atoms with Crippen molar-refractivity contribution in [3.63, 3.8) is 0 Å². The summed E-state index contributed by atoms with van der Waals surface area (Å²) in [6.07, 6.45) is 8.25. The third-order valence-electron chi connectivity index (χ3n) is 7.08. The molecule has 1 saturated carbocycles. The van der Waals surface area contributed by atoms with Crippen molar-refractivity contribution in [3.05, 3.63) is 76.0 Å². The number of nitrogens with one attached hydrogen (secondary N) is 1. The van der Waals surface area contributed by atoms with Crippen LogP contribution in [-0.4, -0.2) is 51.6 Å². The van der Waals surface area contributed by atoms with Crippen molar-refractivity contribution in [2.45, 2.75) is 51.4 Å². The lowest BCUT2D eigenvalue weighted by Crippen LogP contribution is -2.42. The maximum Gasteiger partial charge on any atom is 0.254 e. The van der Waals surface area contributed by atoms with Gasteiger partial charge in [0, 0.05) is 31.9 Å². The number of aliphatic hydroxyl groups excluding tert-OH is 1. The summed E-state index contributed by atoms with van der Waals surface area (Å²) in [5.41, 5.74) is 2.80. The Morgan fingerprint density at radius 3 is 2.97 bits per heavy atom. The van der Waals surface area contributed by atoms with Crippen LogP contribution in [-0.2, 0) is 26.0 Å². The van der Waals surface area contributed by atoms with Gasteiger partial charge in [-0.3, -0.25) is 14.7 Å². The zero-order chi connectivity index (χ0) is 25.8. The fraction of sp³-hybridized carbons (Fsp3) is 0.444. The smallest absolute Gasteiger partial charge is 0.254 e. The normalized spacial score (nSPS) is 16.6. The Labute approximate surface area is 219 Å². The minimum Gasteiger partial charge on any atom is -0.484 e. The van der Waals surface area contributed by atoms with Gasteiger partial charge in [0.1, 0.15) is 12.4 Å². The number of benzene rings is 1. The third-order valence-corrected chi connectivity index (χ3v) is 7.49. The van der Waals surface area contributed by atoms with Crippen molar-refractivity contribution < 1.29 is 23.4 Å². The summed E-state index contributed by atoms with van der Waals surface area (Å²) in [6.45, 7) is 1.95. The monoisotopic (exact) mass is 528 g/mol. The summed E-state index contributed by atoms with van der Waals surface area (Å²) in [5, 5.41) is 13.8. The number of ether oxygens (including phenoxy) is 1. The molecular weight excluding hydrogens is 499 g/mol. The number of rotatable bonds is 10. The number of oxazole rings is 1. The average molecular weight is 529 g/mol. The summed E-state index contributed by atoms with van der Waals surface area (Å²) in [4.78, 5) is 22.7. The molecule has 3 heterocycles. The van der Waals surface area contributed by atoms with Crippen LogP contribution in [0.3, 0.4) is 0 Å². The standard InChI is InChI=1S/C27H30ClFN4O4/c28-26-22-6-7-33(13-18(22)4-5-25(26)36-15-21-11-30-16-37-21)14-20(34)10-32-27(35)23-9-19(31-12-24(23)29)8-17-2-1-3-17/h4-5,9,11-12,16-17,20,34H,1-3,6-8,10,13-15H2,(H,32,35)/t20-/m0/s1. The van der Waals surface area contributed by atoms with E-state index >= 15 is 0 Å². The predicted molar refractivity (Wildman–Crippen MR) is 135 cm³/mol. The van der Waals surface area contributed by atoms with E-state index in [2.05, 4.69) is 20.2 Å². The first-order valence-electron chi connectivity index (χ1n) is 12.6. The summed E-state index contributed by atoms with van der Waals surface area (Å²) in [6, 6.07) is 5.34. The van der Waals surface area contributed by atoms with E-state index in [1.807, 2.05) is 12.1 Å². The second-order valence-electron chi connectivity index (χ2n) is 9.78. The van der Waals surface area contributed by atoms with E-state index in [0.717, 1.165) is 42.3 Å². The lowest BCUT2D eigenvalue weighted by molar-refractivity contribution is 0.0838. The van der Waals surface area contributed by atoms with Crippen molar-refractivity contribution in [1.29, 1.82) is 0 Å². The van der Waals surface area contributed by atoms with Crippen LogP contribution in [0.2, 0.25) is 5.02 Å². The number of aromatic nitrogens is 2. The molecule has 0 spiro atoms. The average Bonchev–Trinajstić information content (AvgIpc) is 3.39. The molecule has 1 fully saturated rings. The molecule has 1 aliphatic carbocycles. The third kappa shape index (κ3) is 6.29. The van der Waals surface area contributed by atoms with Gasteiger partial charge in [-0.2, -0.15) is 0 Å². The second-order valence-corrected chi connectivity index (χ2v) is 10.2. The summed E-state index contributed by atoms with van der Waals surface area (Å²) in [5.74, 6) is 0.577. The minimum atomic E-state index is -0.801. The number of pyridine rings is 1. The lowest BCUT2D eigenvalue weighted by atomic mass is 9.82. The van der Waals surface area contributed by atoms with Crippen molar-refractivity contribution in [1.82, 2.24) is 20.2 Å². The maximum absolute atomic E-state index is 14.3. The van der Waals surface area contributed by atoms with Gasteiger partial charge in [0.25, 0.3) is 5.91 Å². The highest BCUT2D eigenvalue weighted by Crippen LogP contribution is 2.34. The Kier molecular flexibility index (Phi) is 8.02. The number of halogens is 2. The van der Waals surface area contributed by atoms with E-state index in [1.165, 1.54) is 18.9 Å². The summed E-state index contributed by atoms with van der Waals surface area (Å²) in [7, 11) is 0. The molecule has 0 unspecified atom stereocenters. The molecule has 0 saturated heterocycles. The van der Waals surface area contributed by atoms with E-state index in [-0.39, 0.29) is 18.7 Å². The Hall–Kier alpha value is -3.01. The van der Waals surface area contributed by atoms with Crippen LogP contribution in [0.4, 0.5) is 4.39 Å². The zero-order valence-corrected chi connectivity index (χ0v) is 21.2. The molecule has 0 radical (unpaired) electrons. The molecule has 37 heavy (non-hydrogen) atoms. The number of amides is 1. The van der Waals surface area contributed by atoms with Gasteiger partial charge >= 0.3 is 0 Å². The zero-order valence-electron chi connectivity index (χ0n) is 20.5. The molecule has 2 aliphatic rings. The van der Waals surface area contributed by atoms with E-state index in [9.17, 15) is 14.3 Å². The van der Waals surface area contributed by atoms with Gasteiger partial charge in [-0.1, -0.05) is 36.9 Å². The highest BCUT2D eigenvalue weighted by Gasteiger charge is 2.24. The van der Waals surface area contributed by atoms with Gasteiger partial charge < -0.3 is 19.6 Å². The number of carbonyl (C=O) groups is 1. The fourth-order valence-electron chi connectivity index (χ4n) is 4.81. The number of nitrogens with zero attached hydrogens (tertiary/aromatic N) is 3. The Balaban J connectivity index is 1.12. The maximum atomic E-state index is 14.3. The largest absolute Gasteiger partial charge is 0.484 e. The Bertz CT molecular complexity index is 1240. The Morgan fingerprint density at radius 1 is 1.35 bits per heavy atom. The summed E-state index contributed by atoms with van der Waals surface area (Å²) >= 11 is 6.60. The highest BCUT2D eigenvalue weighted by atomic mass is 35.5. The molecule has 8 nitrogen and oxygen atoms in total. The van der Waals surface area contributed by atoms with Crippen LogP contribution in [0, 0.1) is 11.7 Å². The molecule has 2 N–H and O–H groups in total. The van der Waals surface area contributed by atoms with E-state index in [0.29, 0.717) is 48.5 Å².